The summed E-state index contributed by atoms with van der Waals surface area (Å²) in [6, 6.07) is 1.16. The van der Waals surface area contributed by atoms with Crippen LogP contribution in [0.5, 0.6) is 0 Å². The number of nitrogens with zero attached hydrogens (tertiary/aromatic N) is 1. The van der Waals surface area contributed by atoms with Crippen LogP contribution in [0.3, 0.4) is 0 Å². The van der Waals surface area contributed by atoms with Crippen LogP contribution in [-0.2, 0) is 9.59 Å². The van der Waals surface area contributed by atoms with Crippen LogP contribution < -0.4 is 5.32 Å². The number of rotatable bonds is 3. The second-order valence-electron chi connectivity index (χ2n) is 4.62. The molecule has 2 rings (SSSR count). The Morgan fingerprint density at radius 3 is 2.78 bits per heavy atom. The average molecular weight is 266 g/mol. The van der Waals surface area contributed by atoms with E-state index in [-0.39, 0.29) is 23.9 Å². The molecule has 0 spiro atoms. The van der Waals surface area contributed by atoms with E-state index in [1.54, 1.807) is 23.2 Å². The van der Waals surface area contributed by atoms with Gasteiger partial charge in [-0.3, -0.25) is 9.59 Å². The maximum atomic E-state index is 12.4. The molecule has 1 aliphatic heterocycles. The van der Waals surface area contributed by atoms with Crippen molar-refractivity contribution in [3.63, 3.8) is 0 Å². The zero-order valence-corrected chi connectivity index (χ0v) is 11.7. The van der Waals surface area contributed by atoms with E-state index >= 15 is 0 Å². The molecule has 4 nitrogen and oxygen atoms in total. The van der Waals surface area contributed by atoms with Gasteiger partial charge < -0.3 is 10.2 Å². The van der Waals surface area contributed by atoms with Crippen LogP contribution in [-0.4, -0.2) is 28.8 Å². The smallest absolute Gasteiger partial charge is 0.246 e. The van der Waals surface area contributed by atoms with Crippen molar-refractivity contribution < 1.29 is 9.59 Å². The fraction of sp³-hybridized carbons (Fsp3) is 0.538. The lowest BCUT2D eigenvalue weighted by molar-refractivity contribution is -0.151. The summed E-state index contributed by atoms with van der Waals surface area (Å²) in [4.78, 5) is 26.0. The molecule has 2 heterocycles. The molecule has 0 aromatic carbocycles. The summed E-state index contributed by atoms with van der Waals surface area (Å²) in [5.41, 5.74) is 1.09. The number of piperazine rings is 1. The largest absolute Gasteiger partial charge is 0.343 e. The topological polar surface area (TPSA) is 49.4 Å². The van der Waals surface area contributed by atoms with E-state index in [9.17, 15) is 9.59 Å². The van der Waals surface area contributed by atoms with Crippen LogP contribution >= 0.6 is 11.3 Å². The van der Waals surface area contributed by atoms with E-state index in [1.807, 2.05) is 30.7 Å². The summed E-state index contributed by atoms with van der Waals surface area (Å²) in [6.07, 6.45) is 0.629. The average Bonchev–Trinajstić information content (AvgIpc) is 2.87. The SMILES string of the molecule is CCC1NC(=O)C(C)N(C(C)c2ccsc2)C1=O. The molecule has 98 valence electrons. The van der Waals surface area contributed by atoms with Crippen LogP contribution in [0, 0.1) is 0 Å². The van der Waals surface area contributed by atoms with E-state index in [0.29, 0.717) is 6.42 Å². The Hall–Kier alpha value is -1.36. The van der Waals surface area contributed by atoms with Gasteiger partial charge in [0.1, 0.15) is 12.1 Å². The Morgan fingerprint density at radius 1 is 1.50 bits per heavy atom. The van der Waals surface area contributed by atoms with Crippen molar-refractivity contribution >= 4 is 23.2 Å². The van der Waals surface area contributed by atoms with E-state index in [2.05, 4.69) is 5.32 Å². The third-order valence-electron chi connectivity index (χ3n) is 3.52. The van der Waals surface area contributed by atoms with Gasteiger partial charge in [0.05, 0.1) is 6.04 Å². The van der Waals surface area contributed by atoms with Gasteiger partial charge in [0, 0.05) is 0 Å². The predicted octanol–water partition coefficient (Wildman–Crippen LogP) is 1.93. The molecule has 0 radical (unpaired) electrons. The Labute approximate surface area is 111 Å². The minimum atomic E-state index is -0.407. The number of nitrogens with one attached hydrogen (secondary N) is 1. The molecule has 2 amide bonds. The van der Waals surface area contributed by atoms with Crippen LogP contribution in [0.4, 0.5) is 0 Å². The van der Waals surface area contributed by atoms with E-state index < -0.39 is 6.04 Å². The molecule has 0 aliphatic carbocycles. The number of thiophene rings is 1. The number of hydrogen-bond donors (Lipinski definition) is 1. The summed E-state index contributed by atoms with van der Waals surface area (Å²) >= 11 is 1.60. The highest BCUT2D eigenvalue weighted by Gasteiger charge is 2.39. The summed E-state index contributed by atoms with van der Waals surface area (Å²) in [5.74, 6) is -0.0492. The molecule has 0 saturated carbocycles. The molecular formula is C13H18N2O2S. The van der Waals surface area contributed by atoms with Gasteiger partial charge in [0.15, 0.2) is 0 Å². The van der Waals surface area contributed by atoms with Gasteiger partial charge in [-0.15, -0.1) is 0 Å². The first-order valence-electron chi connectivity index (χ1n) is 6.21. The molecule has 1 saturated heterocycles. The molecule has 18 heavy (non-hydrogen) atoms. The maximum absolute atomic E-state index is 12.4. The third kappa shape index (κ3) is 2.14. The van der Waals surface area contributed by atoms with Crippen LogP contribution in [0.2, 0.25) is 0 Å². The summed E-state index contributed by atoms with van der Waals surface area (Å²) in [6.45, 7) is 5.66. The van der Waals surface area contributed by atoms with Crippen molar-refractivity contribution in [2.75, 3.05) is 0 Å². The van der Waals surface area contributed by atoms with Gasteiger partial charge in [-0.2, -0.15) is 11.3 Å². The molecule has 1 aromatic heterocycles. The van der Waals surface area contributed by atoms with Crippen molar-refractivity contribution in [1.29, 1.82) is 0 Å². The second-order valence-corrected chi connectivity index (χ2v) is 5.40. The quantitative estimate of drug-likeness (QED) is 0.909. The van der Waals surface area contributed by atoms with Crippen molar-refractivity contribution in [3.05, 3.63) is 22.4 Å². The summed E-state index contributed by atoms with van der Waals surface area (Å²) in [7, 11) is 0. The highest BCUT2D eigenvalue weighted by Crippen LogP contribution is 2.27. The summed E-state index contributed by atoms with van der Waals surface area (Å²) in [5, 5.41) is 6.78. The second kappa shape index (κ2) is 5.10. The Bertz CT molecular complexity index is 444. The number of amides is 2. The first-order chi connectivity index (χ1) is 8.56. The van der Waals surface area contributed by atoms with E-state index in [4.69, 9.17) is 0 Å². The zero-order chi connectivity index (χ0) is 13.3. The van der Waals surface area contributed by atoms with Gasteiger partial charge in [-0.1, -0.05) is 6.92 Å². The Balaban J connectivity index is 2.28. The first-order valence-corrected chi connectivity index (χ1v) is 7.15. The third-order valence-corrected chi connectivity index (χ3v) is 4.22. The number of carbonyl (C=O) groups excluding carboxylic acids is 2. The Kier molecular flexibility index (Phi) is 3.71. The minimum absolute atomic E-state index is 0.0169. The number of hydrogen-bond acceptors (Lipinski definition) is 3. The highest BCUT2D eigenvalue weighted by atomic mass is 32.1. The van der Waals surface area contributed by atoms with Crippen molar-refractivity contribution in [3.8, 4) is 0 Å². The van der Waals surface area contributed by atoms with Crippen LogP contribution in [0.15, 0.2) is 16.8 Å². The van der Waals surface area contributed by atoms with Gasteiger partial charge >= 0.3 is 0 Å². The lowest BCUT2D eigenvalue weighted by atomic mass is 10.0. The van der Waals surface area contributed by atoms with Gasteiger partial charge in [-0.05, 0) is 42.7 Å². The lowest BCUT2D eigenvalue weighted by Crippen LogP contribution is -2.62. The fourth-order valence-corrected chi connectivity index (χ4v) is 3.07. The molecule has 1 fully saturated rings. The van der Waals surface area contributed by atoms with Crippen molar-refractivity contribution in [2.24, 2.45) is 0 Å². The molecule has 0 bridgehead atoms. The highest BCUT2D eigenvalue weighted by molar-refractivity contribution is 7.07. The van der Waals surface area contributed by atoms with E-state index in [0.717, 1.165) is 5.56 Å². The molecular weight excluding hydrogens is 248 g/mol. The zero-order valence-electron chi connectivity index (χ0n) is 10.8. The molecule has 5 heteroatoms. The Morgan fingerprint density at radius 2 is 2.22 bits per heavy atom. The normalized spacial score (nSPS) is 26.1. The predicted molar refractivity (Wildman–Crippen MR) is 71.3 cm³/mol. The molecule has 3 unspecified atom stereocenters. The van der Waals surface area contributed by atoms with Crippen molar-refractivity contribution in [1.82, 2.24) is 10.2 Å². The molecule has 1 aromatic rings. The molecule has 3 atom stereocenters. The van der Waals surface area contributed by atoms with Crippen molar-refractivity contribution in [2.45, 2.75) is 45.3 Å². The lowest BCUT2D eigenvalue weighted by Gasteiger charge is -2.40. The minimum Gasteiger partial charge on any atom is -0.343 e. The van der Waals surface area contributed by atoms with Gasteiger partial charge in [0.25, 0.3) is 0 Å². The number of carbonyl (C=O) groups is 2. The van der Waals surface area contributed by atoms with Crippen LogP contribution in [0.25, 0.3) is 0 Å². The maximum Gasteiger partial charge on any atom is 0.246 e. The molecule has 1 N–H and O–H groups in total. The summed E-state index contributed by atoms with van der Waals surface area (Å²) < 4.78 is 0. The monoisotopic (exact) mass is 266 g/mol. The fourth-order valence-electron chi connectivity index (χ4n) is 2.33. The van der Waals surface area contributed by atoms with E-state index in [1.165, 1.54) is 0 Å². The van der Waals surface area contributed by atoms with Crippen LogP contribution in [0.1, 0.15) is 38.8 Å². The first kappa shape index (κ1) is 13.1. The van der Waals surface area contributed by atoms with Gasteiger partial charge in [-0.25, -0.2) is 0 Å². The standard InChI is InChI=1S/C13H18N2O2S/c1-4-11-13(17)15(9(3)12(16)14-11)8(2)10-5-6-18-7-10/h5-9,11H,4H2,1-3H3,(H,14,16). The van der Waals surface area contributed by atoms with Gasteiger partial charge in [0.2, 0.25) is 11.8 Å². The molecule has 1 aliphatic rings.